The van der Waals surface area contributed by atoms with Gasteiger partial charge in [0, 0.05) is 33.2 Å². The summed E-state index contributed by atoms with van der Waals surface area (Å²) in [7, 11) is 1.57. The van der Waals surface area contributed by atoms with Crippen LogP contribution in [0.2, 0.25) is 0 Å². The summed E-state index contributed by atoms with van der Waals surface area (Å²) in [6, 6.07) is 5.29. The Morgan fingerprint density at radius 1 is 1.33 bits per heavy atom. The molecule has 1 aromatic carbocycles. The van der Waals surface area contributed by atoms with Gasteiger partial charge in [-0.25, -0.2) is 4.79 Å². The first-order valence-electron chi connectivity index (χ1n) is 7.72. The van der Waals surface area contributed by atoms with E-state index >= 15 is 0 Å². The lowest BCUT2D eigenvalue weighted by molar-refractivity contribution is -0.137. The summed E-state index contributed by atoms with van der Waals surface area (Å²) in [5.41, 5.74) is 0.913. The van der Waals surface area contributed by atoms with E-state index in [-0.39, 0.29) is 19.2 Å². The highest BCUT2D eigenvalue weighted by Gasteiger charge is 2.17. The van der Waals surface area contributed by atoms with Crippen molar-refractivity contribution in [2.75, 3.05) is 33.6 Å². The monoisotopic (exact) mass is 338 g/mol. The number of nitrogens with one attached hydrogen (secondary N) is 1. The molecule has 0 saturated carbocycles. The Balaban J connectivity index is 1.91. The fourth-order valence-corrected chi connectivity index (χ4v) is 2.26. The molecule has 0 aromatic heterocycles. The van der Waals surface area contributed by atoms with Crippen LogP contribution >= 0.6 is 0 Å². The lowest BCUT2D eigenvalue weighted by Gasteiger charge is -2.23. The smallest absolute Gasteiger partial charge is 0.317 e. The second-order valence-corrected chi connectivity index (χ2v) is 5.33. The van der Waals surface area contributed by atoms with Gasteiger partial charge in [0.1, 0.15) is 0 Å². The van der Waals surface area contributed by atoms with Gasteiger partial charge in [-0.15, -0.1) is 0 Å². The van der Waals surface area contributed by atoms with Crippen molar-refractivity contribution in [3.8, 4) is 11.5 Å². The Kier molecular flexibility index (Phi) is 6.68. The standard InChI is InChI=1S/C16H22N2O6/c1-22-8-7-18(16(21)17-6-2-3-15(19)20)10-12-4-5-13-14(9-12)24-11-23-13/h4-5,9H,2-3,6-8,10-11H2,1H3,(H,17,21)(H,19,20). The molecule has 0 aliphatic carbocycles. The molecule has 24 heavy (non-hydrogen) atoms. The Morgan fingerprint density at radius 3 is 2.88 bits per heavy atom. The zero-order valence-electron chi connectivity index (χ0n) is 13.6. The quantitative estimate of drug-likeness (QED) is 0.661. The van der Waals surface area contributed by atoms with Crippen LogP contribution in [0.4, 0.5) is 4.79 Å². The number of urea groups is 1. The normalized spacial score (nSPS) is 12.0. The van der Waals surface area contributed by atoms with Crippen molar-refractivity contribution in [1.29, 1.82) is 0 Å². The molecule has 1 aliphatic heterocycles. The predicted molar refractivity (Wildman–Crippen MR) is 85.1 cm³/mol. The highest BCUT2D eigenvalue weighted by molar-refractivity contribution is 5.74. The van der Waals surface area contributed by atoms with Crippen molar-refractivity contribution in [3.63, 3.8) is 0 Å². The van der Waals surface area contributed by atoms with Gasteiger partial charge in [0.2, 0.25) is 6.79 Å². The first kappa shape index (κ1) is 17.9. The Labute approximate surface area is 140 Å². The van der Waals surface area contributed by atoms with E-state index in [0.717, 1.165) is 5.56 Å². The number of carboxylic acid groups (broad SMARTS) is 1. The topological polar surface area (TPSA) is 97.3 Å². The van der Waals surface area contributed by atoms with Crippen molar-refractivity contribution in [3.05, 3.63) is 23.8 Å². The third kappa shape index (κ3) is 5.31. The van der Waals surface area contributed by atoms with Crippen LogP contribution in [0.5, 0.6) is 11.5 Å². The Hall–Kier alpha value is -2.48. The number of rotatable bonds is 9. The fraction of sp³-hybridized carbons (Fsp3) is 0.500. The van der Waals surface area contributed by atoms with Crippen LogP contribution in [0, 0.1) is 0 Å². The SMILES string of the molecule is COCCN(Cc1ccc2c(c1)OCO2)C(=O)NCCCC(=O)O. The first-order valence-corrected chi connectivity index (χ1v) is 7.72. The van der Waals surface area contributed by atoms with Crippen molar-refractivity contribution < 1.29 is 28.9 Å². The summed E-state index contributed by atoms with van der Waals surface area (Å²) in [5.74, 6) is 0.488. The second kappa shape index (κ2) is 8.97. The second-order valence-electron chi connectivity index (χ2n) is 5.33. The molecule has 132 valence electrons. The maximum atomic E-state index is 12.3. The third-order valence-electron chi connectivity index (χ3n) is 3.51. The highest BCUT2D eigenvalue weighted by Crippen LogP contribution is 2.32. The molecule has 2 amide bonds. The molecular weight excluding hydrogens is 316 g/mol. The molecule has 8 heteroatoms. The first-order chi connectivity index (χ1) is 11.6. The Bertz CT molecular complexity index is 578. The van der Waals surface area contributed by atoms with E-state index < -0.39 is 5.97 Å². The number of hydrogen-bond acceptors (Lipinski definition) is 5. The minimum absolute atomic E-state index is 0.0283. The molecule has 2 rings (SSSR count). The average Bonchev–Trinajstić information content (AvgIpc) is 3.02. The molecule has 0 spiro atoms. The molecular formula is C16H22N2O6. The highest BCUT2D eigenvalue weighted by atomic mass is 16.7. The van der Waals surface area contributed by atoms with Crippen molar-refractivity contribution >= 4 is 12.0 Å². The molecule has 0 radical (unpaired) electrons. The van der Waals surface area contributed by atoms with E-state index in [1.165, 1.54) is 0 Å². The van der Waals surface area contributed by atoms with Gasteiger partial charge in [-0.3, -0.25) is 4.79 Å². The van der Waals surface area contributed by atoms with Gasteiger partial charge < -0.3 is 29.5 Å². The summed E-state index contributed by atoms with van der Waals surface area (Å²) in [4.78, 5) is 24.4. The summed E-state index contributed by atoms with van der Waals surface area (Å²) in [6.07, 6.45) is 0.420. The number of methoxy groups -OCH3 is 1. The van der Waals surface area contributed by atoms with Crippen LogP contribution in [0.15, 0.2) is 18.2 Å². The maximum absolute atomic E-state index is 12.3. The molecule has 0 fully saturated rings. The molecule has 0 atom stereocenters. The van der Waals surface area contributed by atoms with Crippen LogP contribution in [-0.4, -0.2) is 55.6 Å². The number of ether oxygens (including phenoxy) is 3. The maximum Gasteiger partial charge on any atom is 0.317 e. The van der Waals surface area contributed by atoms with Crippen LogP contribution in [0.25, 0.3) is 0 Å². The minimum Gasteiger partial charge on any atom is -0.481 e. The molecule has 0 bridgehead atoms. The largest absolute Gasteiger partial charge is 0.481 e. The van der Waals surface area contributed by atoms with Crippen LogP contribution in [0.1, 0.15) is 18.4 Å². The van der Waals surface area contributed by atoms with E-state index in [2.05, 4.69) is 5.32 Å². The summed E-state index contributed by atoms with van der Waals surface area (Å²) in [5, 5.41) is 11.3. The van der Waals surface area contributed by atoms with Gasteiger partial charge in [-0.2, -0.15) is 0 Å². The molecule has 1 heterocycles. The molecule has 8 nitrogen and oxygen atoms in total. The van der Waals surface area contributed by atoms with E-state index in [0.29, 0.717) is 44.2 Å². The van der Waals surface area contributed by atoms with Crippen LogP contribution < -0.4 is 14.8 Å². The predicted octanol–water partition coefficient (Wildman–Crippen LogP) is 1.44. The van der Waals surface area contributed by atoms with Gasteiger partial charge in [-0.05, 0) is 24.1 Å². The van der Waals surface area contributed by atoms with E-state index in [4.69, 9.17) is 19.3 Å². The third-order valence-corrected chi connectivity index (χ3v) is 3.51. The number of carboxylic acids is 1. The zero-order chi connectivity index (χ0) is 17.4. The number of hydrogen-bond donors (Lipinski definition) is 2. The van der Waals surface area contributed by atoms with Gasteiger partial charge in [0.15, 0.2) is 11.5 Å². The number of carbonyl (C=O) groups excluding carboxylic acids is 1. The number of benzene rings is 1. The van der Waals surface area contributed by atoms with Crippen LogP contribution in [0.3, 0.4) is 0 Å². The van der Waals surface area contributed by atoms with E-state index in [9.17, 15) is 9.59 Å². The van der Waals surface area contributed by atoms with E-state index in [1.54, 1.807) is 12.0 Å². The minimum atomic E-state index is -0.874. The summed E-state index contributed by atoms with van der Waals surface area (Å²) in [6.45, 7) is 1.75. The van der Waals surface area contributed by atoms with E-state index in [1.807, 2.05) is 18.2 Å². The summed E-state index contributed by atoms with van der Waals surface area (Å²) < 4.78 is 15.7. The lowest BCUT2D eigenvalue weighted by atomic mass is 10.2. The average molecular weight is 338 g/mol. The molecule has 2 N–H and O–H groups in total. The van der Waals surface area contributed by atoms with Gasteiger partial charge >= 0.3 is 12.0 Å². The number of carbonyl (C=O) groups is 2. The number of aliphatic carboxylic acids is 1. The van der Waals surface area contributed by atoms with Gasteiger partial charge in [-0.1, -0.05) is 6.07 Å². The fourth-order valence-electron chi connectivity index (χ4n) is 2.26. The van der Waals surface area contributed by atoms with Crippen molar-refractivity contribution in [2.24, 2.45) is 0 Å². The molecule has 1 aliphatic rings. The van der Waals surface area contributed by atoms with Crippen LogP contribution in [-0.2, 0) is 16.1 Å². The number of amides is 2. The molecule has 0 saturated heterocycles. The van der Waals surface area contributed by atoms with Crippen molar-refractivity contribution in [2.45, 2.75) is 19.4 Å². The van der Waals surface area contributed by atoms with Gasteiger partial charge in [0.05, 0.1) is 6.61 Å². The lowest BCUT2D eigenvalue weighted by Crippen LogP contribution is -2.41. The summed E-state index contributed by atoms with van der Waals surface area (Å²) >= 11 is 0. The number of nitrogens with zero attached hydrogens (tertiary/aromatic N) is 1. The zero-order valence-corrected chi connectivity index (χ0v) is 13.6. The Morgan fingerprint density at radius 2 is 2.12 bits per heavy atom. The molecule has 0 unspecified atom stereocenters. The van der Waals surface area contributed by atoms with Crippen molar-refractivity contribution in [1.82, 2.24) is 10.2 Å². The van der Waals surface area contributed by atoms with Gasteiger partial charge in [0.25, 0.3) is 0 Å². The molecule has 1 aromatic rings. The number of fused-ring (bicyclic) bond motifs is 1.